The fraction of sp³-hybridized carbons (Fsp3) is 0.143. The summed E-state index contributed by atoms with van der Waals surface area (Å²) in [7, 11) is 0. The minimum atomic E-state index is -0.517. The summed E-state index contributed by atoms with van der Waals surface area (Å²) in [5.41, 5.74) is 9.34. The monoisotopic (exact) mass is 376 g/mol. The molecule has 2 aromatic heterocycles. The van der Waals surface area contributed by atoms with Crippen LogP contribution in [0.5, 0.6) is 0 Å². The summed E-state index contributed by atoms with van der Waals surface area (Å²) >= 11 is 0. The molecule has 1 amide bonds. The Morgan fingerprint density at radius 3 is 2.46 bits per heavy atom. The number of ketones is 1. The maximum Gasteiger partial charge on any atom is 0.407 e. The normalized spacial score (nSPS) is 10.3. The number of alkyl carbamates (subject to hydrolysis) is 1. The number of nitrogens with one attached hydrogen (secondary N) is 1. The maximum absolute atomic E-state index is 12.4. The second-order valence-electron chi connectivity index (χ2n) is 6.16. The van der Waals surface area contributed by atoms with Crippen LogP contribution in [-0.4, -0.2) is 21.8 Å². The number of pyridine rings is 2. The lowest BCUT2D eigenvalue weighted by molar-refractivity contribution is 0.0993. The molecule has 0 aliphatic rings. The van der Waals surface area contributed by atoms with E-state index in [1.807, 2.05) is 6.07 Å². The smallest absolute Gasteiger partial charge is 0.407 e. The van der Waals surface area contributed by atoms with E-state index >= 15 is 0 Å². The van der Waals surface area contributed by atoms with Crippen molar-refractivity contribution >= 4 is 17.6 Å². The molecule has 3 aromatic rings. The highest BCUT2D eigenvalue weighted by atomic mass is 16.5. The van der Waals surface area contributed by atoms with Gasteiger partial charge in [0, 0.05) is 42.7 Å². The van der Waals surface area contributed by atoms with Crippen LogP contribution in [0.4, 0.5) is 10.5 Å². The minimum Gasteiger partial charge on any atom is -0.445 e. The summed E-state index contributed by atoms with van der Waals surface area (Å²) in [6, 6.07) is 12.4. The van der Waals surface area contributed by atoms with E-state index in [9.17, 15) is 9.59 Å². The Bertz CT molecular complexity index is 943. The number of nitrogen functional groups attached to an aromatic ring is 1. The third-order valence-electron chi connectivity index (χ3n) is 4.10. The molecule has 0 saturated heterocycles. The molecule has 3 rings (SSSR count). The number of Topliss-reactive ketones (excluding diaryl/α,β-unsaturated/α-hetero) is 1. The van der Waals surface area contributed by atoms with E-state index in [1.165, 1.54) is 6.20 Å². The van der Waals surface area contributed by atoms with Crippen LogP contribution in [0.2, 0.25) is 0 Å². The van der Waals surface area contributed by atoms with E-state index in [1.54, 1.807) is 55.0 Å². The molecule has 0 saturated carbocycles. The second kappa shape index (κ2) is 9.27. The van der Waals surface area contributed by atoms with E-state index in [2.05, 4.69) is 15.3 Å². The van der Waals surface area contributed by atoms with Crippen molar-refractivity contribution in [2.24, 2.45) is 0 Å². The van der Waals surface area contributed by atoms with Crippen LogP contribution >= 0.6 is 0 Å². The summed E-state index contributed by atoms with van der Waals surface area (Å²) in [6.45, 7) is 0.461. The molecule has 7 nitrogen and oxygen atoms in total. The zero-order valence-electron chi connectivity index (χ0n) is 15.2. The molecule has 142 valence electrons. The first-order valence-electron chi connectivity index (χ1n) is 8.72. The van der Waals surface area contributed by atoms with E-state index in [0.717, 1.165) is 16.7 Å². The predicted molar refractivity (Wildman–Crippen MR) is 104 cm³/mol. The number of ether oxygens (including phenoxy) is 1. The standard InChI is InChI=1S/C21H20N4O3/c22-19-13-24-9-7-18(19)10-20(26)17-5-3-15(4-6-17)12-25-21(27)28-14-16-2-1-8-23-11-16/h1-9,11,13H,10,12,14,22H2,(H,25,27). The van der Waals surface area contributed by atoms with E-state index in [-0.39, 0.29) is 18.8 Å². The van der Waals surface area contributed by atoms with Crippen LogP contribution in [0.15, 0.2) is 67.3 Å². The number of amides is 1. The molecular weight excluding hydrogens is 356 g/mol. The Hall–Kier alpha value is -3.74. The Balaban J connectivity index is 1.48. The largest absolute Gasteiger partial charge is 0.445 e. The molecule has 0 aliphatic carbocycles. The number of hydrogen-bond acceptors (Lipinski definition) is 6. The molecule has 0 spiro atoms. The fourth-order valence-corrected chi connectivity index (χ4v) is 2.54. The Labute approximate surface area is 162 Å². The first-order chi connectivity index (χ1) is 13.6. The van der Waals surface area contributed by atoms with Crippen molar-refractivity contribution in [3.05, 3.63) is 89.5 Å². The van der Waals surface area contributed by atoms with E-state index in [4.69, 9.17) is 10.5 Å². The molecule has 3 N–H and O–H groups in total. The lowest BCUT2D eigenvalue weighted by atomic mass is 10.0. The Morgan fingerprint density at radius 1 is 0.964 bits per heavy atom. The highest BCUT2D eigenvalue weighted by Crippen LogP contribution is 2.14. The van der Waals surface area contributed by atoms with Gasteiger partial charge in [-0.15, -0.1) is 0 Å². The third-order valence-corrected chi connectivity index (χ3v) is 4.10. The first-order valence-corrected chi connectivity index (χ1v) is 8.72. The number of carbonyl (C=O) groups is 2. The van der Waals surface area contributed by atoms with Crippen molar-refractivity contribution in [3.8, 4) is 0 Å². The Morgan fingerprint density at radius 2 is 1.75 bits per heavy atom. The molecule has 0 aliphatic heterocycles. The zero-order chi connectivity index (χ0) is 19.8. The van der Waals surface area contributed by atoms with Crippen LogP contribution in [0.1, 0.15) is 27.0 Å². The molecule has 0 unspecified atom stereocenters. The van der Waals surface area contributed by atoms with Gasteiger partial charge in [0.05, 0.1) is 11.9 Å². The summed E-state index contributed by atoms with van der Waals surface area (Å²) in [5, 5.41) is 2.68. The molecule has 0 bridgehead atoms. The number of benzene rings is 1. The lowest BCUT2D eigenvalue weighted by Crippen LogP contribution is -2.23. The van der Waals surface area contributed by atoms with Gasteiger partial charge in [0.25, 0.3) is 0 Å². The van der Waals surface area contributed by atoms with Gasteiger partial charge in [0.15, 0.2) is 5.78 Å². The second-order valence-corrected chi connectivity index (χ2v) is 6.16. The highest BCUT2D eigenvalue weighted by Gasteiger charge is 2.10. The molecule has 7 heteroatoms. The average molecular weight is 376 g/mol. The lowest BCUT2D eigenvalue weighted by Gasteiger charge is -2.08. The molecule has 0 atom stereocenters. The number of nitrogens with two attached hydrogens (primary N) is 1. The quantitative estimate of drug-likeness (QED) is 0.614. The molecule has 2 heterocycles. The number of anilines is 1. The van der Waals surface area contributed by atoms with Gasteiger partial charge in [-0.05, 0) is 23.3 Å². The van der Waals surface area contributed by atoms with Crippen molar-refractivity contribution in [3.63, 3.8) is 0 Å². The van der Waals surface area contributed by atoms with Crippen LogP contribution in [-0.2, 0) is 24.3 Å². The zero-order valence-corrected chi connectivity index (χ0v) is 15.2. The van der Waals surface area contributed by atoms with E-state index in [0.29, 0.717) is 17.8 Å². The van der Waals surface area contributed by atoms with Gasteiger partial charge in [0.1, 0.15) is 6.61 Å². The maximum atomic E-state index is 12.4. The molecule has 0 radical (unpaired) electrons. The Kier molecular flexibility index (Phi) is 6.30. The van der Waals surface area contributed by atoms with Crippen molar-refractivity contribution in [2.75, 3.05) is 5.73 Å². The van der Waals surface area contributed by atoms with Crippen LogP contribution < -0.4 is 11.1 Å². The van der Waals surface area contributed by atoms with Gasteiger partial charge in [-0.2, -0.15) is 0 Å². The fourth-order valence-electron chi connectivity index (χ4n) is 2.54. The summed E-state index contributed by atoms with van der Waals surface area (Å²) in [5.74, 6) is -0.0340. The molecule has 1 aromatic carbocycles. The van der Waals surface area contributed by atoms with E-state index < -0.39 is 6.09 Å². The van der Waals surface area contributed by atoms with Gasteiger partial charge in [0.2, 0.25) is 0 Å². The average Bonchev–Trinajstić information content (AvgIpc) is 2.73. The van der Waals surface area contributed by atoms with Crippen molar-refractivity contribution < 1.29 is 14.3 Å². The number of rotatable bonds is 7. The number of aromatic nitrogens is 2. The van der Waals surface area contributed by atoms with Gasteiger partial charge in [-0.1, -0.05) is 30.3 Å². The minimum absolute atomic E-state index is 0.0340. The predicted octanol–water partition coefficient (Wildman–Crippen LogP) is 2.91. The molecular formula is C21H20N4O3. The number of nitrogens with zero attached hydrogens (tertiary/aromatic N) is 2. The van der Waals surface area contributed by atoms with Gasteiger partial charge in [-0.3, -0.25) is 14.8 Å². The first kappa shape index (κ1) is 19.0. The van der Waals surface area contributed by atoms with Gasteiger partial charge in [-0.25, -0.2) is 4.79 Å². The summed E-state index contributed by atoms with van der Waals surface area (Å²) in [6.07, 6.45) is 6.14. The van der Waals surface area contributed by atoms with Gasteiger partial charge >= 0.3 is 6.09 Å². The van der Waals surface area contributed by atoms with Crippen LogP contribution in [0.25, 0.3) is 0 Å². The molecule has 28 heavy (non-hydrogen) atoms. The van der Waals surface area contributed by atoms with Crippen LogP contribution in [0.3, 0.4) is 0 Å². The topological polar surface area (TPSA) is 107 Å². The van der Waals surface area contributed by atoms with Gasteiger partial charge < -0.3 is 15.8 Å². The van der Waals surface area contributed by atoms with Crippen molar-refractivity contribution in [1.29, 1.82) is 0 Å². The van der Waals surface area contributed by atoms with Crippen molar-refractivity contribution in [2.45, 2.75) is 19.6 Å². The summed E-state index contributed by atoms with van der Waals surface area (Å²) < 4.78 is 5.13. The van der Waals surface area contributed by atoms with Crippen LogP contribution in [0, 0.1) is 0 Å². The summed E-state index contributed by atoms with van der Waals surface area (Å²) in [4.78, 5) is 32.0. The van der Waals surface area contributed by atoms with Crippen molar-refractivity contribution in [1.82, 2.24) is 15.3 Å². The number of hydrogen-bond donors (Lipinski definition) is 2. The number of carbonyl (C=O) groups excluding carboxylic acids is 2. The highest BCUT2D eigenvalue weighted by molar-refractivity contribution is 5.98. The SMILES string of the molecule is Nc1cnccc1CC(=O)c1ccc(CNC(=O)OCc2cccnc2)cc1. The third kappa shape index (κ3) is 5.38. The molecule has 0 fully saturated rings.